The lowest BCUT2D eigenvalue weighted by molar-refractivity contribution is -0.254. The van der Waals surface area contributed by atoms with Crippen molar-refractivity contribution in [1.82, 2.24) is 9.80 Å². The summed E-state index contributed by atoms with van der Waals surface area (Å²) < 4.78 is 43.7. The second-order valence-electron chi connectivity index (χ2n) is 7.15. The summed E-state index contributed by atoms with van der Waals surface area (Å²) in [7, 11) is 0. The van der Waals surface area contributed by atoms with Crippen molar-refractivity contribution >= 4 is 5.91 Å². The van der Waals surface area contributed by atoms with Gasteiger partial charge in [-0.2, -0.15) is 13.2 Å². The van der Waals surface area contributed by atoms with Crippen molar-refractivity contribution < 1.29 is 27.8 Å². The molecule has 0 bridgehead atoms. The summed E-state index contributed by atoms with van der Waals surface area (Å²) in [4.78, 5) is 15.7. The Bertz CT molecular complexity index is 668. The molecule has 2 aliphatic heterocycles. The van der Waals surface area contributed by atoms with E-state index in [0.29, 0.717) is 39.7 Å². The average molecular weight is 372 g/mol. The molecule has 1 amide bonds. The molecule has 1 fully saturated rings. The third kappa shape index (κ3) is 4.12. The van der Waals surface area contributed by atoms with Gasteiger partial charge in [-0.05, 0) is 24.1 Å². The van der Waals surface area contributed by atoms with Gasteiger partial charge in [0.25, 0.3) is 0 Å². The topological polar surface area (TPSA) is 53.0 Å². The van der Waals surface area contributed by atoms with Gasteiger partial charge in [0.2, 0.25) is 5.91 Å². The number of benzene rings is 1. The van der Waals surface area contributed by atoms with Gasteiger partial charge in [0, 0.05) is 39.1 Å². The number of hydrogen-bond donors (Lipinski definition) is 1. The quantitative estimate of drug-likeness (QED) is 0.878. The number of amides is 1. The highest BCUT2D eigenvalue weighted by molar-refractivity contribution is 5.77. The van der Waals surface area contributed by atoms with Crippen LogP contribution in [0.2, 0.25) is 0 Å². The van der Waals surface area contributed by atoms with Crippen molar-refractivity contribution in [2.75, 3.05) is 32.8 Å². The van der Waals surface area contributed by atoms with Crippen molar-refractivity contribution in [3.8, 4) is 5.75 Å². The number of halogens is 3. The van der Waals surface area contributed by atoms with Crippen LogP contribution >= 0.6 is 0 Å². The number of fused-ring (bicyclic) bond motifs is 1. The Labute approximate surface area is 150 Å². The number of alkyl halides is 3. The van der Waals surface area contributed by atoms with E-state index in [0.717, 1.165) is 24.3 Å². The normalized spacial score (nSPS) is 20.4. The first kappa shape index (κ1) is 19.0. The first-order valence-corrected chi connectivity index (χ1v) is 8.69. The maximum Gasteiger partial charge on any atom is 0.417 e. The Morgan fingerprint density at radius 3 is 2.58 bits per heavy atom. The maximum atomic E-state index is 12.7. The number of aliphatic hydroxyl groups is 1. The van der Waals surface area contributed by atoms with Crippen molar-refractivity contribution in [2.45, 2.75) is 38.1 Å². The predicted molar refractivity (Wildman–Crippen MR) is 88.8 cm³/mol. The highest BCUT2D eigenvalue weighted by atomic mass is 19.4. The Kier molecular flexibility index (Phi) is 5.16. The number of hydrogen-bond acceptors (Lipinski definition) is 4. The third-order valence-corrected chi connectivity index (χ3v) is 4.99. The van der Waals surface area contributed by atoms with Crippen LogP contribution in [0.1, 0.15) is 24.5 Å². The molecular formula is C18H23F3N2O3. The van der Waals surface area contributed by atoms with Crippen molar-refractivity contribution in [3.63, 3.8) is 0 Å². The molecular weight excluding hydrogens is 349 g/mol. The van der Waals surface area contributed by atoms with Gasteiger partial charge in [-0.3, -0.25) is 9.69 Å². The number of carbonyl (C=O) groups is 1. The van der Waals surface area contributed by atoms with Gasteiger partial charge < -0.3 is 14.7 Å². The number of ether oxygens (including phenoxy) is 1. The molecule has 144 valence electrons. The molecule has 0 aliphatic carbocycles. The molecule has 26 heavy (non-hydrogen) atoms. The minimum absolute atomic E-state index is 0.362. The van der Waals surface area contributed by atoms with Crippen LogP contribution in [0, 0.1) is 0 Å². The fourth-order valence-electron chi connectivity index (χ4n) is 3.26. The van der Waals surface area contributed by atoms with E-state index in [1.807, 2.05) is 12.1 Å². The van der Waals surface area contributed by atoms with E-state index >= 15 is 0 Å². The summed E-state index contributed by atoms with van der Waals surface area (Å²) in [5.41, 5.74) is -0.631. The van der Waals surface area contributed by atoms with Crippen molar-refractivity contribution in [2.24, 2.45) is 0 Å². The molecule has 1 N–H and O–H groups in total. The smallest absolute Gasteiger partial charge is 0.417 e. The number of nitrogens with zero attached hydrogens (tertiary/aromatic N) is 2. The number of rotatable bonds is 4. The maximum absolute atomic E-state index is 12.7. The zero-order valence-corrected chi connectivity index (χ0v) is 14.7. The fraction of sp³-hybridized carbons (Fsp3) is 0.611. The van der Waals surface area contributed by atoms with Gasteiger partial charge >= 0.3 is 6.18 Å². The van der Waals surface area contributed by atoms with Gasteiger partial charge in [0.05, 0.1) is 13.0 Å². The highest BCUT2D eigenvalue weighted by Crippen LogP contribution is 2.33. The minimum Gasteiger partial charge on any atom is -0.493 e. The van der Waals surface area contributed by atoms with Gasteiger partial charge in [0.15, 0.2) is 5.60 Å². The lowest BCUT2D eigenvalue weighted by Crippen LogP contribution is -2.52. The molecule has 1 atom stereocenters. The molecule has 0 spiro atoms. The molecule has 2 heterocycles. The first-order chi connectivity index (χ1) is 12.2. The van der Waals surface area contributed by atoms with Crippen LogP contribution < -0.4 is 4.74 Å². The monoisotopic (exact) mass is 372 g/mol. The molecule has 1 aromatic rings. The molecule has 1 aromatic carbocycles. The van der Waals surface area contributed by atoms with Crippen molar-refractivity contribution in [3.05, 3.63) is 29.3 Å². The van der Waals surface area contributed by atoms with Crippen LogP contribution in [0.5, 0.6) is 5.75 Å². The first-order valence-electron chi connectivity index (χ1n) is 8.69. The zero-order valence-electron chi connectivity index (χ0n) is 14.7. The van der Waals surface area contributed by atoms with Crippen LogP contribution in [0.3, 0.4) is 0 Å². The van der Waals surface area contributed by atoms with Gasteiger partial charge in [0.1, 0.15) is 5.75 Å². The van der Waals surface area contributed by atoms with Crippen LogP contribution in [0.4, 0.5) is 13.2 Å². The van der Waals surface area contributed by atoms with Crippen LogP contribution in [0.15, 0.2) is 18.2 Å². The van der Waals surface area contributed by atoms with Gasteiger partial charge in [-0.25, -0.2) is 0 Å². The second kappa shape index (κ2) is 7.08. The zero-order chi connectivity index (χ0) is 18.9. The molecule has 0 radical (unpaired) electrons. The van der Waals surface area contributed by atoms with Gasteiger partial charge in [-0.15, -0.1) is 0 Å². The predicted octanol–water partition coefficient (Wildman–Crippen LogP) is 1.97. The van der Waals surface area contributed by atoms with E-state index in [1.165, 1.54) is 10.5 Å². The van der Waals surface area contributed by atoms with E-state index in [9.17, 15) is 23.1 Å². The lowest BCUT2D eigenvalue weighted by atomic mass is 10.0. The standard InChI is InChI=1S/C18H23F3N2O3/c1-17(25,18(19,20)21)11-16(24)23-7-5-22(6-8-23)12-13-2-3-15-14(10-13)4-9-26-15/h2-3,10,25H,4-9,11-12H2,1H3/t17-/m0/s1. The Morgan fingerprint density at radius 2 is 1.92 bits per heavy atom. The minimum atomic E-state index is -4.82. The highest BCUT2D eigenvalue weighted by Gasteiger charge is 2.51. The van der Waals surface area contributed by atoms with E-state index in [4.69, 9.17) is 4.74 Å². The Morgan fingerprint density at radius 1 is 1.23 bits per heavy atom. The summed E-state index contributed by atoms with van der Waals surface area (Å²) in [5, 5.41) is 9.48. The average Bonchev–Trinajstić information content (AvgIpc) is 3.01. The largest absolute Gasteiger partial charge is 0.493 e. The van der Waals surface area contributed by atoms with Crippen LogP contribution in [-0.2, 0) is 17.8 Å². The van der Waals surface area contributed by atoms with Crippen LogP contribution in [-0.4, -0.2) is 65.4 Å². The van der Waals surface area contributed by atoms with E-state index < -0.39 is 24.1 Å². The molecule has 1 saturated heterocycles. The SMILES string of the molecule is C[C@](O)(CC(=O)N1CCN(Cc2ccc3c(c2)CCO3)CC1)C(F)(F)F. The van der Waals surface area contributed by atoms with Crippen molar-refractivity contribution in [1.29, 1.82) is 0 Å². The summed E-state index contributed by atoms with van der Waals surface area (Å²) in [5.74, 6) is 0.266. The van der Waals surface area contributed by atoms with E-state index in [-0.39, 0.29) is 0 Å². The summed E-state index contributed by atoms with van der Waals surface area (Å²) >= 11 is 0. The summed E-state index contributed by atoms with van der Waals surface area (Å²) in [6.07, 6.45) is -4.85. The molecule has 0 aromatic heterocycles. The molecule has 0 unspecified atom stereocenters. The molecule has 8 heteroatoms. The molecule has 5 nitrogen and oxygen atoms in total. The van der Waals surface area contributed by atoms with E-state index in [1.54, 1.807) is 0 Å². The summed E-state index contributed by atoms with van der Waals surface area (Å²) in [6, 6.07) is 6.11. The van der Waals surface area contributed by atoms with Crippen LogP contribution in [0.25, 0.3) is 0 Å². The van der Waals surface area contributed by atoms with E-state index in [2.05, 4.69) is 11.0 Å². The number of piperazine rings is 1. The lowest BCUT2D eigenvalue weighted by Gasteiger charge is -2.36. The number of carbonyl (C=O) groups excluding carboxylic acids is 1. The summed E-state index contributed by atoms with van der Waals surface area (Å²) in [6.45, 7) is 3.98. The molecule has 3 rings (SSSR count). The third-order valence-electron chi connectivity index (χ3n) is 4.99. The molecule has 0 saturated carbocycles. The second-order valence-corrected chi connectivity index (χ2v) is 7.15. The van der Waals surface area contributed by atoms with Gasteiger partial charge in [-0.1, -0.05) is 12.1 Å². The fourth-order valence-corrected chi connectivity index (χ4v) is 3.26. The Hall–Kier alpha value is -1.80. The molecule has 2 aliphatic rings. The Balaban J connectivity index is 1.50.